The van der Waals surface area contributed by atoms with Gasteiger partial charge >= 0.3 is 6.18 Å². The van der Waals surface area contributed by atoms with Gasteiger partial charge in [0.25, 0.3) is 5.91 Å². The third-order valence-corrected chi connectivity index (χ3v) is 3.41. The number of hydrogen-bond acceptors (Lipinski definition) is 6. The molecular formula is C13H13F3N8O. The summed E-state index contributed by atoms with van der Waals surface area (Å²) in [5.41, 5.74) is 4.23. The summed E-state index contributed by atoms with van der Waals surface area (Å²) in [6.45, 7) is 3.02. The number of nitrogens with zero attached hydrogens (tertiary/aromatic N) is 5. The molecule has 12 heteroatoms. The second-order valence-corrected chi connectivity index (χ2v) is 5.35. The third-order valence-electron chi connectivity index (χ3n) is 3.41. The van der Waals surface area contributed by atoms with Crippen LogP contribution in [0, 0.1) is 6.92 Å². The summed E-state index contributed by atoms with van der Waals surface area (Å²) in [7, 11) is 0. The van der Waals surface area contributed by atoms with E-state index in [4.69, 9.17) is 5.73 Å². The van der Waals surface area contributed by atoms with Crippen LogP contribution >= 0.6 is 0 Å². The first-order valence-corrected chi connectivity index (χ1v) is 7.08. The lowest BCUT2D eigenvalue weighted by atomic mass is 10.2. The zero-order chi connectivity index (χ0) is 18.4. The molecule has 0 fully saturated rings. The standard InChI is InChI=1S/C13H13F3N8O/c1-5-3-8(13(14,15)16)24-10(19-5)7(4-18-24)11(25)20-6(2)9-21-12(17)23-22-9/h3-4,6H,1-2H3,(H,20,25)(H3,17,21,22,23)/t6-/m1/s1. The summed E-state index contributed by atoms with van der Waals surface area (Å²) in [6, 6.07) is 0.265. The summed E-state index contributed by atoms with van der Waals surface area (Å²) in [5, 5.41) is 12.4. The van der Waals surface area contributed by atoms with Gasteiger partial charge < -0.3 is 11.1 Å². The van der Waals surface area contributed by atoms with Gasteiger partial charge in [0.05, 0.1) is 12.2 Å². The molecule has 0 unspecified atom stereocenters. The number of amides is 1. The molecule has 1 amide bonds. The van der Waals surface area contributed by atoms with Gasteiger partial charge in [-0.25, -0.2) is 9.50 Å². The Morgan fingerprint density at radius 1 is 1.40 bits per heavy atom. The van der Waals surface area contributed by atoms with E-state index in [2.05, 4.69) is 30.6 Å². The summed E-state index contributed by atoms with van der Waals surface area (Å²) in [6.07, 6.45) is -3.59. The second kappa shape index (κ2) is 5.72. The van der Waals surface area contributed by atoms with Crippen LogP contribution in [-0.2, 0) is 6.18 Å². The number of halogens is 3. The Morgan fingerprint density at radius 3 is 2.72 bits per heavy atom. The summed E-state index contributed by atoms with van der Waals surface area (Å²) in [5.74, 6) is -0.328. The highest BCUT2D eigenvalue weighted by Crippen LogP contribution is 2.30. The van der Waals surface area contributed by atoms with E-state index in [-0.39, 0.29) is 22.9 Å². The normalized spacial score (nSPS) is 13.2. The van der Waals surface area contributed by atoms with E-state index < -0.39 is 23.8 Å². The van der Waals surface area contributed by atoms with Crippen LogP contribution in [0.25, 0.3) is 5.65 Å². The number of anilines is 1. The number of H-pyrrole nitrogens is 1. The van der Waals surface area contributed by atoms with Gasteiger partial charge in [0.1, 0.15) is 17.1 Å². The maximum absolute atomic E-state index is 13.1. The van der Waals surface area contributed by atoms with Crippen molar-refractivity contribution in [2.24, 2.45) is 0 Å². The Bertz CT molecular complexity index is 945. The zero-order valence-corrected chi connectivity index (χ0v) is 13.1. The molecule has 3 heterocycles. The number of aromatic nitrogens is 6. The van der Waals surface area contributed by atoms with Crippen LogP contribution in [0.2, 0.25) is 0 Å². The lowest BCUT2D eigenvalue weighted by molar-refractivity contribution is -0.142. The molecule has 0 radical (unpaired) electrons. The average molecular weight is 354 g/mol. The molecule has 0 saturated carbocycles. The minimum absolute atomic E-state index is 0.0131. The molecule has 0 bridgehead atoms. The number of alkyl halides is 3. The van der Waals surface area contributed by atoms with Crippen molar-refractivity contribution in [3.63, 3.8) is 0 Å². The number of carbonyl (C=O) groups excluding carboxylic acids is 1. The number of carbonyl (C=O) groups is 1. The molecule has 0 spiro atoms. The van der Waals surface area contributed by atoms with Crippen molar-refractivity contribution in [3.05, 3.63) is 35.0 Å². The van der Waals surface area contributed by atoms with Gasteiger partial charge in [-0.1, -0.05) is 0 Å². The number of nitrogens with two attached hydrogens (primary N) is 1. The summed E-state index contributed by atoms with van der Waals surface area (Å²) >= 11 is 0. The highest BCUT2D eigenvalue weighted by Gasteiger charge is 2.35. The van der Waals surface area contributed by atoms with E-state index in [1.807, 2.05) is 0 Å². The average Bonchev–Trinajstić information content (AvgIpc) is 3.11. The molecule has 0 aliphatic heterocycles. The van der Waals surface area contributed by atoms with E-state index in [1.165, 1.54) is 6.92 Å². The molecule has 0 aliphatic rings. The summed E-state index contributed by atoms with van der Waals surface area (Å²) < 4.78 is 40.0. The number of nitrogens with one attached hydrogen (secondary N) is 2. The molecule has 3 aromatic rings. The van der Waals surface area contributed by atoms with Crippen molar-refractivity contribution in [2.75, 3.05) is 5.73 Å². The number of fused-ring (bicyclic) bond motifs is 1. The topological polar surface area (TPSA) is 127 Å². The largest absolute Gasteiger partial charge is 0.433 e. The van der Waals surface area contributed by atoms with Gasteiger partial charge in [0.2, 0.25) is 5.95 Å². The van der Waals surface area contributed by atoms with Gasteiger partial charge in [-0.15, -0.1) is 5.10 Å². The number of aromatic amines is 1. The molecule has 3 rings (SSSR count). The Morgan fingerprint density at radius 2 is 2.12 bits per heavy atom. The predicted molar refractivity (Wildman–Crippen MR) is 79.4 cm³/mol. The van der Waals surface area contributed by atoms with E-state index in [0.717, 1.165) is 12.3 Å². The molecule has 4 N–H and O–H groups in total. The van der Waals surface area contributed by atoms with Gasteiger partial charge in [-0.2, -0.15) is 23.3 Å². The van der Waals surface area contributed by atoms with Crippen LogP contribution in [0.1, 0.15) is 40.5 Å². The van der Waals surface area contributed by atoms with Crippen molar-refractivity contribution in [1.82, 2.24) is 35.1 Å². The zero-order valence-electron chi connectivity index (χ0n) is 13.1. The van der Waals surface area contributed by atoms with Crippen molar-refractivity contribution in [3.8, 4) is 0 Å². The van der Waals surface area contributed by atoms with Crippen LogP contribution in [-0.4, -0.2) is 35.7 Å². The minimum Gasteiger partial charge on any atom is -0.367 e. The lowest BCUT2D eigenvalue weighted by Gasteiger charge is -2.11. The van der Waals surface area contributed by atoms with Crippen molar-refractivity contribution < 1.29 is 18.0 Å². The van der Waals surface area contributed by atoms with E-state index in [1.54, 1.807) is 6.92 Å². The van der Waals surface area contributed by atoms with Gasteiger partial charge in [-0.05, 0) is 19.9 Å². The van der Waals surface area contributed by atoms with Crippen molar-refractivity contribution in [1.29, 1.82) is 0 Å². The first-order chi connectivity index (χ1) is 11.7. The van der Waals surface area contributed by atoms with Crippen molar-refractivity contribution in [2.45, 2.75) is 26.1 Å². The molecule has 9 nitrogen and oxygen atoms in total. The molecule has 132 valence electrons. The number of aryl methyl sites for hydroxylation is 1. The first kappa shape index (κ1) is 16.7. The highest BCUT2D eigenvalue weighted by atomic mass is 19.4. The molecule has 1 atom stereocenters. The Hall–Kier alpha value is -3.18. The minimum atomic E-state index is -4.63. The smallest absolute Gasteiger partial charge is 0.367 e. The fourth-order valence-corrected chi connectivity index (χ4v) is 2.27. The fraction of sp³-hybridized carbons (Fsp3) is 0.308. The Kier molecular flexibility index (Phi) is 3.81. The van der Waals surface area contributed by atoms with Gasteiger partial charge in [-0.3, -0.25) is 9.89 Å². The lowest BCUT2D eigenvalue weighted by Crippen LogP contribution is -2.27. The number of rotatable bonds is 3. The van der Waals surface area contributed by atoms with Crippen LogP contribution in [0.4, 0.5) is 19.1 Å². The van der Waals surface area contributed by atoms with E-state index in [9.17, 15) is 18.0 Å². The predicted octanol–water partition coefficient (Wildman–Crippen LogP) is 1.25. The molecule has 0 aromatic carbocycles. The maximum Gasteiger partial charge on any atom is 0.433 e. The quantitative estimate of drug-likeness (QED) is 0.650. The Labute approximate surface area is 138 Å². The van der Waals surface area contributed by atoms with Crippen molar-refractivity contribution >= 4 is 17.5 Å². The van der Waals surface area contributed by atoms with Crippen LogP contribution < -0.4 is 11.1 Å². The van der Waals surface area contributed by atoms with Crippen LogP contribution in [0.3, 0.4) is 0 Å². The second-order valence-electron chi connectivity index (χ2n) is 5.35. The first-order valence-electron chi connectivity index (χ1n) is 7.08. The SMILES string of the molecule is Cc1cc(C(F)(F)F)n2ncc(C(=O)N[C@H](C)c3nc(N)n[nH]3)c2n1. The van der Waals surface area contributed by atoms with E-state index >= 15 is 0 Å². The van der Waals surface area contributed by atoms with Crippen LogP contribution in [0.15, 0.2) is 12.3 Å². The molecule has 0 aliphatic carbocycles. The van der Waals surface area contributed by atoms with Crippen LogP contribution in [0.5, 0.6) is 0 Å². The number of nitrogen functional groups attached to an aromatic ring is 1. The highest BCUT2D eigenvalue weighted by molar-refractivity contribution is 5.99. The maximum atomic E-state index is 13.1. The fourth-order valence-electron chi connectivity index (χ4n) is 2.27. The summed E-state index contributed by atoms with van der Waals surface area (Å²) in [4.78, 5) is 20.3. The number of hydrogen-bond donors (Lipinski definition) is 3. The van der Waals surface area contributed by atoms with Gasteiger partial charge in [0, 0.05) is 5.69 Å². The van der Waals surface area contributed by atoms with Gasteiger partial charge in [0.15, 0.2) is 5.65 Å². The molecular weight excluding hydrogens is 341 g/mol. The van der Waals surface area contributed by atoms with E-state index in [0.29, 0.717) is 10.3 Å². The molecule has 0 saturated heterocycles. The molecule has 25 heavy (non-hydrogen) atoms. The third kappa shape index (κ3) is 3.09. The Balaban J connectivity index is 1.96. The molecule has 3 aromatic heterocycles. The monoisotopic (exact) mass is 354 g/mol.